The molecule has 100 valence electrons. The van der Waals surface area contributed by atoms with Crippen LogP contribution in [0.25, 0.3) is 0 Å². The van der Waals surface area contributed by atoms with Crippen molar-refractivity contribution in [1.29, 1.82) is 0 Å². The normalized spacial score (nSPS) is 11.2. The average Bonchev–Trinajstić information content (AvgIpc) is 2.28. The Bertz CT molecular complexity index is 399. The highest BCUT2D eigenvalue weighted by molar-refractivity contribution is 5.94. The SMILES string of the molecule is NC(=O)c1ccccc1CN(CCO)CC(F)F. The van der Waals surface area contributed by atoms with Gasteiger partial charge in [0.25, 0.3) is 6.43 Å². The van der Waals surface area contributed by atoms with Crippen LogP contribution in [-0.2, 0) is 6.54 Å². The van der Waals surface area contributed by atoms with Crippen molar-refractivity contribution in [3.05, 3.63) is 35.4 Å². The summed E-state index contributed by atoms with van der Waals surface area (Å²) in [6, 6.07) is 6.58. The topological polar surface area (TPSA) is 66.6 Å². The van der Waals surface area contributed by atoms with E-state index in [1.807, 2.05) is 0 Å². The van der Waals surface area contributed by atoms with Gasteiger partial charge in [-0.3, -0.25) is 9.69 Å². The molecule has 1 aromatic carbocycles. The zero-order valence-corrected chi connectivity index (χ0v) is 9.85. The first-order valence-electron chi connectivity index (χ1n) is 5.53. The molecule has 0 aliphatic heterocycles. The van der Waals surface area contributed by atoms with Gasteiger partial charge in [-0.2, -0.15) is 0 Å². The summed E-state index contributed by atoms with van der Waals surface area (Å²) in [6.45, 7) is -0.388. The molecule has 0 bridgehead atoms. The first-order chi connectivity index (χ1) is 8.54. The summed E-state index contributed by atoms with van der Waals surface area (Å²) in [5.74, 6) is -0.591. The zero-order chi connectivity index (χ0) is 13.5. The quantitative estimate of drug-likeness (QED) is 0.761. The first kappa shape index (κ1) is 14.5. The molecule has 0 radical (unpaired) electrons. The Morgan fingerprint density at radius 1 is 1.39 bits per heavy atom. The predicted octanol–water partition coefficient (Wildman–Crippen LogP) is 0.845. The molecule has 0 heterocycles. The average molecular weight is 258 g/mol. The molecule has 0 aliphatic carbocycles. The van der Waals surface area contributed by atoms with Gasteiger partial charge in [-0.1, -0.05) is 18.2 Å². The van der Waals surface area contributed by atoms with Crippen molar-refractivity contribution >= 4 is 5.91 Å². The van der Waals surface area contributed by atoms with Crippen molar-refractivity contribution in [1.82, 2.24) is 4.90 Å². The van der Waals surface area contributed by atoms with Gasteiger partial charge in [0, 0.05) is 18.7 Å². The summed E-state index contributed by atoms with van der Waals surface area (Å²) in [4.78, 5) is 12.6. The smallest absolute Gasteiger partial charge is 0.251 e. The third kappa shape index (κ3) is 4.38. The number of aliphatic hydroxyl groups is 1. The highest BCUT2D eigenvalue weighted by atomic mass is 19.3. The minimum atomic E-state index is -2.49. The van der Waals surface area contributed by atoms with E-state index in [2.05, 4.69) is 0 Å². The van der Waals surface area contributed by atoms with Gasteiger partial charge in [-0.15, -0.1) is 0 Å². The van der Waals surface area contributed by atoms with Crippen molar-refractivity contribution in [3.63, 3.8) is 0 Å². The largest absolute Gasteiger partial charge is 0.395 e. The van der Waals surface area contributed by atoms with E-state index in [0.29, 0.717) is 11.1 Å². The number of aliphatic hydroxyl groups excluding tert-OH is 1. The molecular formula is C12H16F2N2O2. The minimum Gasteiger partial charge on any atom is -0.395 e. The first-order valence-corrected chi connectivity index (χ1v) is 5.53. The van der Waals surface area contributed by atoms with Crippen LogP contribution >= 0.6 is 0 Å². The molecule has 0 atom stereocenters. The maximum absolute atomic E-state index is 12.4. The summed E-state index contributed by atoms with van der Waals surface area (Å²) in [6.07, 6.45) is -2.49. The van der Waals surface area contributed by atoms with Gasteiger partial charge in [-0.25, -0.2) is 8.78 Å². The van der Waals surface area contributed by atoms with E-state index in [1.54, 1.807) is 24.3 Å². The number of halogens is 2. The molecular weight excluding hydrogens is 242 g/mol. The van der Waals surface area contributed by atoms with Crippen molar-refractivity contribution < 1.29 is 18.7 Å². The van der Waals surface area contributed by atoms with Gasteiger partial charge in [-0.05, 0) is 11.6 Å². The number of hydrogen-bond donors (Lipinski definition) is 2. The molecule has 4 nitrogen and oxygen atoms in total. The Hall–Kier alpha value is -1.53. The van der Waals surface area contributed by atoms with E-state index in [1.165, 1.54) is 4.90 Å². The third-order valence-electron chi connectivity index (χ3n) is 2.49. The number of carbonyl (C=O) groups excluding carboxylic acids is 1. The van der Waals surface area contributed by atoms with Crippen molar-refractivity contribution in [2.75, 3.05) is 19.7 Å². The summed E-state index contributed by atoms with van der Waals surface area (Å²) in [7, 11) is 0. The minimum absolute atomic E-state index is 0.122. The Balaban J connectivity index is 2.82. The second-order valence-electron chi connectivity index (χ2n) is 3.87. The highest BCUT2D eigenvalue weighted by Crippen LogP contribution is 2.12. The molecule has 3 N–H and O–H groups in total. The van der Waals surface area contributed by atoms with Gasteiger partial charge in [0.2, 0.25) is 5.91 Å². The van der Waals surface area contributed by atoms with E-state index < -0.39 is 18.9 Å². The molecule has 0 saturated carbocycles. The lowest BCUT2D eigenvalue weighted by molar-refractivity contribution is 0.0744. The Kier molecular flexibility index (Phi) is 5.67. The molecule has 0 spiro atoms. The number of rotatable bonds is 7. The Morgan fingerprint density at radius 3 is 2.61 bits per heavy atom. The summed E-state index contributed by atoms with van der Waals surface area (Å²) in [5, 5.41) is 8.83. The Labute approximate surface area is 104 Å². The van der Waals surface area contributed by atoms with Crippen molar-refractivity contribution in [3.8, 4) is 0 Å². The van der Waals surface area contributed by atoms with E-state index in [0.717, 1.165) is 0 Å². The van der Waals surface area contributed by atoms with Gasteiger partial charge in [0.05, 0.1) is 13.2 Å². The molecule has 0 saturated heterocycles. The summed E-state index contributed by atoms with van der Waals surface area (Å²) >= 11 is 0. The summed E-state index contributed by atoms with van der Waals surface area (Å²) < 4.78 is 24.7. The number of hydrogen-bond acceptors (Lipinski definition) is 3. The van der Waals surface area contributed by atoms with Crippen LogP contribution in [0.2, 0.25) is 0 Å². The van der Waals surface area contributed by atoms with Crippen molar-refractivity contribution in [2.24, 2.45) is 5.73 Å². The standard InChI is InChI=1S/C12H16F2N2O2/c13-11(14)8-16(5-6-17)7-9-3-1-2-4-10(9)12(15)18/h1-4,11,17H,5-8H2,(H2,15,18). The molecule has 1 aromatic rings. The second kappa shape index (κ2) is 7.03. The van der Waals surface area contributed by atoms with Crippen molar-refractivity contribution in [2.45, 2.75) is 13.0 Å². The van der Waals surface area contributed by atoms with Crippen LogP contribution in [0.15, 0.2) is 24.3 Å². The van der Waals surface area contributed by atoms with Crippen LogP contribution in [0.5, 0.6) is 0 Å². The molecule has 1 rings (SSSR count). The third-order valence-corrected chi connectivity index (χ3v) is 2.49. The number of carbonyl (C=O) groups is 1. The van der Waals surface area contributed by atoms with Crippen LogP contribution in [0, 0.1) is 0 Å². The zero-order valence-electron chi connectivity index (χ0n) is 9.85. The van der Waals surface area contributed by atoms with E-state index in [-0.39, 0.29) is 19.7 Å². The monoisotopic (exact) mass is 258 g/mol. The molecule has 0 fully saturated rings. The maximum Gasteiger partial charge on any atom is 0.251 e. The lowest BCUT2D eigenvalue weighted by Gasteiger charge is -2.21. The number of nitrogens with zero attached hydrogens (tertiary/aromatic N) is 1. The lowest BCUT2D eigenvalue weighted by Crippen LogP contribution is -2.32. The number of benzene rings is 1. The molecule has 6 heteroatoms. The predicted molar refractivity (Wildman–Crippen MR) is 63.3 cm³/mol. The highest BCUT2D eigenvalue weighted by Gasteiger charge is 2.15. The lowest BCUT2D eigenvalue weighted by atomic mass is 10.1. The van der Waals surface area contributed by atoms with Gasteiger partial charge < -0.3 is 10.8 Å². The van der Waals surface area contributed by atoms with Crippen LogP contribution in [0.4, 0.5) is 8.78 Å². The number of nitrogens with two attached hydrogens (primary N) is 1. The molecule has 0 aliphatic rings. The maximum atomic E-state index is 12.4. The Morgan fingerprint density at radius 2 is 2.06 bits per heavy atom. The molecule has 18 heavy (non-hydrogen) atoms. The molecule has 1 amide bonds. The van der Waals surface area contributed by atoms with Crippen LogP contribution in [0.3, 0.4) is 0 Å². The van der Waals surface area contributed by atoms with E-state index >= 15 is 0 Å². The van der Waals surface area contributed by atoms with Crippen LogP contribution in [-0.4, -0.2) is 42.0 Å². The van der Waals surface area contributed by atoms with Crippen LogP contribution < -0.4 is 5.73 Å². The van der Waals surface area contributed by atoms with Crippen LogP contribution in [0.1, 0.15) is 15.9 Å². The summed E-state index contributed by atoms with van der Waals surface area (Å²) in [5.41, 5.74) is 6.11. The van der Waals surface area contributed by atoms with Gasteiger partial charge in [0.15, 0.2) is 0 Å². The molecule has 0 aromatic heterocycles. The van der Waals surface area contributed by atoms with Gasteiger partial charge in [0.1, 0.15) is 0 Å². The number of primary amides is 1. The molecule has 0 unspecified atom stereocenters. The van der Waals surface area contributed by atoms with E-state index in [9.17, 15) is 13.6 Å². The van der Waals surface area contributed by atoms with Gasteiger partial charge >= 0.3 is 0 Å². The second-order valence-corrected chi connectivity index (χ2v) is 3.87. The fourth-order valence-electron chi connectivity index (χ4n) is 1.71. The fraction of sp³-hybridized carbons (Fsp3) is 0.417. The fourth-order valence-corrected chi connectivity index (χ4v) is 1.71. The van der Waals surface area contributed by atoms with E-state index in [4.69, 9.17) is 10.8 Å². The number of amides is 1. The number of alkyl halides is 2.